The van der Waals surface area contributed by atoms with Gasteiger partial charge in [0.1, 0.15) is 17.1 Å². The van der Waals surface area contributed by atoms with Crippen LogP contribution in [0.2, 0.25) is 0 Å². The predicted octanol–water partition coefficient (Wildman–Crippen LogP) is 6.72. The van der Waals surface area contributed by atoms with E-state index in [-0.39, 0.29) is 35.4 Å². The molecule has 4 aliphatic rings. The van der Waals surface area contributed by atoms with Crippen LogP contribution >= 0.6 is 0 Å². The van der Waals surface area contributed by atoms with Crippen LogP contribution in [0.4, 0.5) is 27.5 Å². The molecule has 0 aromatic heterocycles. The summed E-state index contributed by atoms with van der Waals surface area (Å²) in [5.41, 5.74) is 6.94. The van der Waals surface area contributed by atoms with E-state index in [1.165, 1.54) is 16.5 Å². The summed E-state index contributed by atoms with van der Waals surface area (Å²) in [5, 5.41) is 23.4. The van der Waals surface area contributed by atoms with Crippen molar-refractivity contribution in [3.05, 3.63) is 106 Å². The maximum atomic E-state index is 13.5. The Kier molecular flexibility index (Phi) is 7.77. The molecule has 8 rings (SSSR count). The molecule has 3 N–H and O–H groups in total. The van der Waals surface area contributed by atoms with E-state index in [0.29, 0.717) is 41.9 Å². The minimum atomic E-state index is -0.668. The van der Waals surface area contributed by atoms with Crippen LogP contribution in [0.15, 0.2) is 72.8 Å². The van der Waals surface area contributed by atoms with Crippen LogP contribution in [0.1, 0.15) is 63.7 Å². The highest BCUT2D eigenvalue weighted by Gasteiger charge is 2.42. The fraction of sp³-hybridized carbons (Fsp3) is 0.308. The van der Waals surface area contributed by atoms with E-state index in [1.54, 1.807) is 50.8 Å². The number of hydrogen-bond acceptors (Lipinski definition) is 7. The molecule has 10 nitrogen and oxygen atoms in total. The molecule has 252 valence electrons. The number of anilines is 4. The Balaban J connectivity index is 0.000000160. The van der Waals surface area contributed by atoms with E-state index in [1.807, 2.05) is 54.3 Å². The van der Waals surface area contributed by atoms with Crippen molar-refractivity contribution in [2.24, 2.45) is 0 Å². The van der Waals surface area contributed by atoms with Crippen molar-refractivity contribution in [1.29, 1.82) is 0 Å². The molecule has 4 aliphatic heterocycles. The summed E-state index contributed by atoms with van der Waals surface area (Å²) >= 11 is 0. The van der Waals surface area contributed by atoms with Gasteiger partial charge >= 0.3 is 6.09 Å². The van der Waals surface area contributed by atoms with Crippen molar-refractivity contribution in [1.82, 2.24) is 0 Å². The first kappa shape index (κ1) is 32.1. The van der Waals surface area contributed by atoms with Crippen molar-refractivity contribution >= 4 is 40.7 Å². The van der Waals surface area contributed by atoms with Gasteiger partial charge in [-0.05, 0) is 94.0 Å². The third-order valence-corrected chi connectivity index (χ3v) is 9.52. The van der Waals surface area contributed by atoms with Gasteiger partial charge < -0.3 is 30.1 Å². The zero-order valence-corrected chi connectivity index (χ0v) is 28.3. The molecule has 0 fully saturated rings. The predicted molar refractivity (Wildman–Crippen MR) is 189 cm³/mol. The van der Waals surface area contributed by atoms with Crippen molar-refractivity contribution < 1.29 is 29.3 Å². The molecule has 0 bridgehead atoms. The maximum absolute atomic E-state index is 13.5. The van der Waals surface area contributed by atoms with Crippen molar-refractivity contribution in [3.8, 4) is 11.5 Å². The number of benzene rings is 4. The Labute approximate surface area is 285 Å². The highest BCUT2D eigenvalue weighted by molar-refractivity contribution is 6.14. The summed E-state index contributed by atoms with van der Waals surface area (Å²) in [6.07, 6.45) is 1.01. The standard InChI is InChI=1S/C22H24N2O4.C17H16N2O2/c1-13-9-16-18(11-19(13)25)23(21(27)28-22(2,3)4)12-15-10-14-7-5-6-8-17(14)24(15)20(16)26;1-10-6-13-14(8-16(10)20)18-9-12-7-11-4-2-3-5-15(11)19(12)17(13)21/h5-9,11,15,25H,10,12H2,1-4H3;2-6,8,12,18,20H,7,9H2,1H3/t15-;12-/m00/s1. The summed E-state index contributed by atoms with van der Waals surface area (Å²) in [7, 11) is 0. The molecule has 0 radical (unpaired) electrons. The van der Waals surface area contributed by atoms with Crippen LogP contribution in [0.5, 0.6) is 11.5 Å². The summed E-state index contributed by atoms with van der Waals surface area (Å²) < 4.78 is 5.60. The molecule has 2 atom stereocenters. The number of nitrogens with zero attached hydrogens (tertiary/aromatic N) is 3. The highest BCUT2D eigenvalue weighted by Crippen LogP contribution is 2.41. The van der Waals surface area contributed by atoms with Gasteiger partial charge in [-0.2, -0.15) is 0 Å². The fourth-order valence-electron chi connectivity index (χ4n) is 7.17. The van der Waals surface area contributed by atoms with E-state index < -0.39 is 11.7 Å². The molecule has 4 aromatic rings. The highest BCUT2D eigenvalue weighted by atomic mass is 16.6. The maximum Gasteiger partial charge on any atom is 0.414 e. The lowest BCUT2D eigenvalue weighted by atomic mass is 10.1. The number of nitrogens with one attached hydrogen (secondary N) is 1. The number of rotatable bonds is 0. The number of carbonyl (C=O) groups is 3. The molecule has 0 aliphatic carbocycles. The van der Waals surface area contributed by atoms with Gasteiger partial charge in [-0.1, -0.05) is 36.4 Å². The number of phenols is 2. The topological polar surface area (TPSA) is 123 Å². The summed E-state index contributed by atoms with van der Waals surface area (Å²) in [5.74, 6) is 0.103. The molecule has 0 spiro atoms. The number of phenolic OH excluding ortho intramolecular Hbond substituents is 2. The molecule has 0 saturated heterocycles. The van der Waals surface area contributed by atoms with Gasteiger partial charge in [0.25, 0.3) is 11.8 Å². The van der Waals surface area contributed by atoms with Crippen LogP contribution in [0, 0.1) is 13.8 Å². The quantitative estimate of drug-likeness (QED) is 0.191. The average Bonchev–Trinajstić information content (AvgIpc) is 3.55. The van der Waals surface area contributed by atoms with Crippen molar-refractivity contribution in [3.63, 3.8) is 0 Å². The Hall–Kier alpha value is -5.51. The van der Waals surface area contributed by atoms with Crippen LogP contribution in [0.25, 0.3) is 0 Å². The summed E-state index contributed by atoms with van der Waals surface area (Å²) in [6.45, 7) is 9.95. The van der Waals surface area contributed by atoms with Crippen LogP contribution in [0.3, 0.4) is 0 Å². The molecule has 10 heteroatoms. The van der Waals surface area contributed by atoms with Gasteiger partial charge in [0, 0.05) is 30.1 Å². The molecule has 49 heavy (non-hydrogen) atoms. The molecule has 0 saturated carbocycles. The first-order valence-corrected chi connectivity index (χ1v) is 16.5. The van der Waals surface area contributed by atoms with Gasteiger partial charge in [-0.15, -0.1) is 0 Å². The second-order valence-electron chi connectivity index (χ2n) is 14.1. The Morgan fingerprint density at radius 1 is 0.755 bits per heavy atom. The lowest BCUT2D eigenvalue weighted by Gasteiger charge is -2.29. The number of carbonyl (C=O) groups excluding carboxylic acids is 3. The van der Waals surface area contributed by atoms with Crippen molar-refractivity contribution in [2.45, 2.75) is 65.1 Å². The molecule has 0 unspecified atom stereocenters. The third kappa shape index (κ3) is 5.71. The molecule has 4 aromatic carbocycles. The average molecular weight is 661 g/mol. The van der Waals surface area contributed by atoms with Gasteiger partial charge in [0.05, 0.1) is 41.1 Å². The number of aryl methyl sites for hydroxylation is 2. The number of para-hydroxylation sites is 2. The van der Waals surface area contributed by atoms with E-state index in [9.17, 15) is 24.6 Å². The number of fused-ring (bicyclic) bond motifs is 8. The van der Waals surface area contributed by atoms with E-state index >= 15 is 0 Å². The number of aromatic hydroxyl groups is 2. The second-order valence-corrected chi connectivity index (χ2v) is 14.1. The lowest BCUT2D eigenvalue weighted by Crippen LogP contribution is -2.45. The molecule has 4 heterocycles. The molecular weight excluding hydrogens is 620 g/mol. The number of amides is 3. The number of hydrogen-bond donors (Lipinski definition) is 3. The molecular formula is C39H40N4O6. The summed E-state index contributed by atoms with van der Waals surface area (Å²) in [6, 6.07) is 22.4. The number of ether oxygens (including phenoxy) is 1. The Morgan fingerprint density at radius 2 is 1.29 bits per heavy atom. The minimum absolute atomic E-state index is 0.00745. The van der Waals surface area contributed by atoms with Crippen molar-refractivity contribution in [2.75, 3.05) is 33.1 Å². The van der Waals surface area contributed by atoms with E-state index in [4.69, 9.17) is 4.74 Å². The van der Waals surface area contributed by atoms with E-state index in [2.05, 4.69) is 11.4 Å². The van der Waals surface area contributed by atoms with Gasteiger partial charge in [-0.25, -0.2) is 4.79 Å². The van der Waals surface area contributed by atoms with Crippen LogP contribution in [-0.4, -0.2) is 58.9 Å². The zero-order valence-electron chi connectivity index (χ0n) is 28.3. The summed E-state index contributed by atoms with van der Waals surface area (Å²) in [4.78, 5) is 44.5. The minimum Gasteiger partial charge on any atom is -0.508 e. The van der Waals surface area contributed by atoms with Gasteiger partial charge in [-0.3, -0.25) is 14.5 Å². The van der Waals surface area contributed by atoms with Gasteiger partial charge in [0.15, 0.2) is 0 Å². The second kappa shape index (κ2) is 11.9. The smallest absolute Gasteiger partial charge is 0.414 e. The zero-order chi connectivity index (χ0) is 34.8. The largest absolute Gasteiger partial charge is 0.508 e. The Morgan fingerprint density at radius 3 is 1.92 bits per heavy atom. The monoisotopic (exact) mass is 660 g/mol. The van der Waals surface area contributed by atoms with Crippen LogP contribution < -0.4 is 20.0 Å². The lowest BCUT2D eigenvalue weighted by molar-refractivity contribution is 0.0578. The third-order valence-electron chi connectivity index (χ3n) is 9.52. The van der Waals surface area contributed by atoms with E-state index in [0.717, 1.165) is 34.6 Å². The van der Waals surface area contributed by atoms with Crippen LogP contribution in [-0.2, 0) is 17.6 Å². The first-order valence-electron chi connectivity index (χ1n) is 16.5. The normalized spacial score (nSPS) is 18.8. The van der Waals surface area contributed by atoms with Gasteiger partial charge in [0.2, 0.25) is 0 Å². The first-order chi connectivity index (χ1) is 23.3. The fourth-order valence-corrected chi connectivity index (χ4v) is 7.17. The molecule has 3 amide bonds. The Bertz CT molecular complexity index is 2020. The SMILES string of the molecule is Cc1cc2c(cc1O)N(C(=O)OC(C)(C)C)C[C@@H]1Cc3ccccc3N1C2=O.Cc1cc2c(cc1O)NC[C@@H]1Cc3ccccc3N1C2=O.